The number of hydrogen-bond donors (Lipinski definition) is 1. The van der Waals surface area contributed by atoms with Crippen molar-refractivity contribution < 1.29 is 8.42 Å². The van der Waals surface area contributed by atoms with Gasteiger partial charge in [-0.05, 0) is 54.1 Å². The Morgan fingerprint density at radius 2 is 2.26 bits per heavy atom. The SMILES string of the molecule is Cc1sc(Br)cc1S(=O)(=O)NCC1CCCC(Cl)C1. The molecule has 1 N–H and O–H groups in total. The minimum absolute atomic E-state index is 0.195. The largest absolute Gasteiger partial charge is 0.241 e. The molecule has 1 aromatic heterocycles. The van der Waals surface area contributed by atoms with Gasteiger partial charge in [0, 0.05) is 16.8 Å². The van der Waals surface area contributed by atoms with Gasteiger partial charge in [-0.3, -0.25) is 0 Å². The molecular formula is C12H17BrClNO2S2. The van der Waals surface area contributed by atoms with Crippen LogP contribution < -0.4 is 4.72 Å². The van der Waals surface area contributed by atoms with Crippen LogP contribution in [0.1, 0.15) is 30.6 Å². The van der Waals surface area contributed by atoms with Crippen LogP contribution >= 0.6 is 38.9 Å². The quantitative estimate of drug-likeness (QED) is 0.798. The van der Waals surface area contributed by atoms with E-state index in [1.54, 1.807) is 6.07 Å². The number of hydrogen-bond acceptors (Lipinski definition) is 3. The van der Waals surface area contributed by atoms with Crippen LogP contribution in [0.25, 0.3) is 0 Å². The van der Waals surface area contributed by atoms with Gasteiger partial charge in [-0.2, -0.15) is 0 Å². The lowest BCUT2D eigenvalue weighted by molar-refractivity contribution is 0.361. The summed E-state index contributed by atoms with van der Waals surface area (Å²) in [4.78, 5) is 1.18. The lowest BCUT2D eigenvalue weighted by Crippen LogP contribution is -2.32. The number of alkyl halides is 1. The molecule has 1 aliphatic carbocycles. The van der Waals surface area contributed by atoms with Gasteiger partial charge in [0.15, 0.2) is 0 Å². The summed E-state index contributed by atoms with van der Waals surface area (Å²) in [7, 11) is -3.40. The molecule has 2 rings (SSSR count). The zero-order valence-electron chi connectivity index (χ0n) is 10.7. The van der Waals surface area contributed by atoms with E-state index < -0.39 is 10.0 Å². The highest BCUT2D eigenvalue weighted by Crippen LogP contribution is 2.30. The Kier molecular flexibility index (Phi) is 5.34. The number of nitrogens with one attached hydrogen (secondary N) is 1. The minimum Gasteiger partial charge on any atom is -0.211 e. The third kappa shape index (κ3) is 4.17. The summed E-state index contributed by atoms with van der Waals surface area (Å²) in [5.41, 5.74) is 0. The molecule has 19 heavy (non-hydrogen) atoms. The Balaban J connectivity index is 2.00. The number of halogens is 2. The predicted molar refractivity (Wildman–Crippen MR) is 83.5 cm³/mol. The summed E-state index contributed by atoms with van der Waals surface area (Å²) in [5.74, 6) is 0.355. The molecule has 108 valence electrons. The van der Waals surface area contributed by atoms with Crippen molar-refractivity contribution in [2.45, 2.75) is 42.9 Å². The maximum atomic E-state index is 12.2. The van der Waals surface area contributed by atoms with Crippen molar-refractivity contribution >= 4 is 48.9 Å². The summed E-state index contributed by atoms with van der Waals surface area (Å²) in [6.07, 6.45) is 4.08. The van der Waals surface area contributed by atoms with E-state index in [4.69, 9.17) is 11.6 Å². The lowest BCUT2D eigenvalue weighted by atomic mass is 9.89. The van der Waals surface area contributed by atoms with E-state index in [2.05, 4.69) is 20.7 Å². The van der Waals surface area contributed by atoms with Crippen LogP contribution in [0.2, 0.25) is 0 Å². The average Bonchev–Trinajstić information content (AvgIpc) is 2.67. The van der Waals surface area contributed by atoms with E-state index in [9.17, 15) is 8.42 Å². The molecule has 1 heterocycles. The maximum Gasteiger partial charge on any atom is 0.241 e. The molecule has 0 spiro atoms. The molecule has 2 unspecified atom stereocenters. The molecule has 0 radical (unpaired) electrons. The second-order valence-electron chi connectivity index (χ2n) is 4.95. The van der Waals surface area contributed by atoms with Crippen molar-refractivity contribution in [1.29, 1.82) is 0 Å². The Hall–Kier alpha value is 0.380. The van der Waals surface area contributed by atoms with Crippen LogP contribution in [0.3, 0.4) is 0 Å². The van der Waals surface area contributed by atoms with Gasteiger partial charge in [0.2, 0.25) is 10.0 Å². The van der Waals surface area contributed by atoms with Crippen LogP contribution in [-0.2, 0) is 10.0 Å². The summed E-state index contributed by atoms with van der Waals surface area (Å²) >= 11 is 10.9. The predicted octanol–water partition coefficient (Wildman–Crippen LogP) is 3.89. The zero-order chi connectivity index (χ0) is 14.0. The highest BCUT2D eigenvalue weighted by atomic mass is 79.9. The van der Waals surface area contributed by atoms with Crippen molar-refractivity contribution in [3.8, 4) is 0 Å². The standard InChI is InChI=1S/C12H17BrClNO2S2/c1-8-11(6-12(13)18-8)19(16,17)15-7-9-3-2-4-10(14)5-9/h6,9-10,15H,2-5,7H2,1H3. The Morgan fingerprint density at radius 3 is 2.84 bits per heavy atom. The summed E-state index contributed by atoms with van der Waals surface area (Å²) in [6, 6.07) is 1.66. The lowest BCUT2D eigenvalue weighted by Gasteiger charge is -2.25. The van der Waals surface area contributed by atoms with Crippen LogP contribution in [0.5, 0.6) is 0 Å². The average molecular weight is 387 g/mol. The molecule has 0 saturated heterocycles. The normalized spacial score (nSPS) is 24.6. The smallest absolute Gasteiger partial charge is 0.211 e. The summed E-state index contributed by atoms with van der Waals surface area (Å²) in [5, 5.41) is 0.195. The molecular weight excluding hydrogens is 370 g/mol. The van der Waals surface area contributed by atoms with Gasteiger partial charge >= 0.3 is 0 Å². The van der Waals surface area contributed by atoms with Crippen LogP contribution in [0.15, 0.2) is 14.7 Å². The van der Waals surface area contributed by atoms with E-state index in [0.29, 0.717) is 17.4 Å². The third-order valence-electron chi connectivity index (χ3n) is 3.41. The van der Waals surface area contributed by atoms with Crippen molar-refractivity contribution in [3.63, 3.8) is 0 Å². The fraction of sp³-hybridized carbons (Fsp3) is 0.667. The van der Waals surface area contributed by atoms with Crippen molar-refractivity contribution in [2.75, 3.05) is 6.54 Å². The highest BCUT2D eigenvalue weighted by Gasteiger charge is 2.24. The first-order valence-electron chi connectivity index (χ1n) is 6.28. The molecule has 0 bridgehead atoms. The van der Waals surface area contributed by atoms with Gasteiger partial charge < -0.3 is 0 Å². The molecule has 0 aliphatic heterocycles. The number of aryl methyl sites for hydroxylation is 1. The van der Waals surface area contributed by atoms with Gasteiger partial charge in [-0.1, -0.05) is 6.42 Å². The summed E-state index contributed by atoms with van der Waals surface area (Å²) < 4.78 is 28.0. The Bertz CT molecular complexity index is 544. The molecule has 3 nitrogen and oxygen atoms in total. The molecule has 2 atom stereocenters. The van der Waals surface area contributed by atoms with Gasteiger partial charge in [-0.25, -0.2) is 13.1 Å². The molecule has 1 aromatic rings. The first-order chi connectivity index (χ1) is 8.88. The Morgan fingerprint density at radius 1 is 1.53 bits per heavy atom. The minimum atomic E-state index is -3.40. The molecule has 0 aromatic carbocycles. The monoisotopic (exact) mass is 385 g/mol. The van der Waals surface area contributed by atoms with Crippen LogP contribution in [0, 0.1) is 12.8 Å². The second kappa shape index (κ2) is 6.43. The van der Waals surface area contributed by atoms with Gasteiger partial charge in [-0.15, -0.1) is 22.9 Å². The van der Waals surface area contributed by atoms with Crippen molar-refractivity contribution in [1.82, 2.24) is 4.72 Å². The zero-order valence-corrected chi connectivity index (χ0v) is 14.6. The Labute approximate surface area is 131 Å². The molecule has 1 saturated carbocycles. The van der Waals surface area contributed by atoms with Crippen molar-refractivity contribution in [2.24, 2.45) is 5.92 Å². The van der Waals surface area contributed by atoms with Crippen LogP contribution in [0.4, 0.5) is 0 Å². The fourth-order valence-corrected chi connectivity index (χ4v) is 6.35. The van der Waals surface area contributed by atoms with E-state index in [0.717, 1.165) is 34.3 Å². The molecule has 0 amide bonds. The second-order valence-corrected chi connectivity index (χ2v) is 9.94. The maximum absolute atomic E-state index is 12.2. The number of thiophene rings is 1. The fourth-order valence-electron chi connectivity index (χ4n) is 2.41. The molecule has 1 aliphatic rings. The van der Waals surface area contributed by atoms with Gasteiger partial charge in [0.05, 0.1) is 8.68 Å². The molecule has 1 fully saturated rings. The van der Waals surface area contributed by atoms with E-state index in [1.807, 2.05) is 6.92 Å². The van der Waals surface area contributed by atoms with E-state index >= 15 is 0 Å². The highest BCUT2D eigenvalue weighted by molar-refractivity contribution is 9.11. The molecule has 7 heteroatoms. The first kappa shape index (κ1) is 15.8. The first-order valence-corrected chi connectivity index (χ1v) is 9.81. The van der Waals surface area contributed by atoms with Gasteiger partial charge in [0.25, 0.3) is 0 Å². The summed E-state index contributed by atoms with van der Waals surface area (Å²) in [6.45, 7) is 2.30. The van der Waals surface area contributed by atoms with E-state index in [-0.39, 0.29) is 5.38 Å². The number of sulfonamides is 1. The van der Waals surface area contributed by atoms with Crippen LogP contribution in [-0.4, -0.2) is 20.3 Å². The third-order valence-corrected chi connectivity index (χ3v) is 7.04. The van der Waals surface area contributed by atoms with E-state index in [1.165, 1.54) is 11.3 Å². The topological polar surface area (TPSA) is 46.2 Å². The number of rotatable bonds is 4. The van der Waals surface area contributed by atoms with Gasteiger partial charge in [0.1, 0.15) is 0 Å². The van der Waals surface area contributed by atoms with Crippen molar-refractivity contribution in [3.05, 3.63) is 14.7 Å².